The van der Waals surface area contributed by atoms with Crippen LogP contribution in [-0.2, 0) is 0 Å². The van der Waals surface area contributed by atoms with Crippen molar-refractivity contribution in [3.05, 3.63) is 45.8 Å². The Bertz CT molecular complexity index is 711. The van der Waals surface area contributed by atoms with E-state index in [9.17, 15) is 9.18 Å². The molecule has 3 rings (SSSR count). The minimum atomic E-state index is -0.680. The SMILES string of the molecule is O=C(Nc1ccnn1C1CCCC1)c1cc(F)c(Cl)cc1Cl. The molecule has 1 heterocycles. The molecule has 2 aromatic rings. The van der Waals surface area contributed by atoms with Gasteiger partial charge < -0.3 is 5.32 Å². The molecule has 0 bridgehead atoms. The summed E-state index contributed by atoms with van der Waals surface area (Å²) in [5.74, 6) is -0.579. The number of carbonyl (C=O) groups is 1. The van der Waals surface area contributed by atoms with Gasteiger partial charge in [-0.25, -0.2) is 9.07 Å². The monoisotopic (exact) mass is 341 g/mol. The van der Waals surface area contributed by atoms with Crippen molar-refractivity contribution in [1.82, 2.24) is 9.78 Å². The molecule has 116 valence electrons. The van der Waals surface area contributed by atoms with Crippen LogP contribution in [0.5, 0.6) is 0 Å². The van der Waals surface area contributed by atoms with E-state index in [1.165, 1.54) is 6.07 Å². The van der Waals surface area contributed by atoms with Crippen LogP contribution in [0.3, 0.4) is 0 Å². The Morgan fingerprint density at radius 2 is 2.00 bits per heavy atom. The Balaban J connectivity index is 1.83. The Labute approximate surface area is 137 Å². The number of hydrogen-bond donors (Lipinski definition) is 1. The van der Waals surface area contributed by atoms with Crippen LogP contribution >= 0.6 is 23.2 Å². The average Bonchev–Trinajstić information content (AvgIpc) is 3.13. The lowest BCUT2D eigenvalue weighted by Crippen LogP contribution is -2.18. The second-order valence-corrected chi connectivity index (χ2v) is 6.11. The van der Waals surface area contributed by atoms with E-state index in [2.05, 4.69) is 10.4 Å². The highest BCUT2D eigenvalue weighted by Crippen LogP contribution is 2.31. The van der Waals surface area contributed by atoms with Crippen LogP contribution in [0.4, 0.5) is 10.2 Å². The van der Waals surface area contributed by atoms with E-state index >= 15 is 0 Å². The van der Waals surface area contributed by atoms with Gasteiger partial charge in [0.1, 0.15) is 11.6 Å². The van der Waals surface area contributed by atoms with E-state index in [4.69, 9.17) is 23.2 Å². The number of benzene rings is 1. The molecule has 0 atom stereocenters. The van der Waals surface area contributed by atoms with Gasteiger partial charge in [0.25, 0.3) is 5.91 Å². The molecule has 0 saturated heterocycles. The molecule has 1 amide bonds. The maximum absolute atomic E-state index is 13.5. The molecule has 1 aromatic carbocycles. The van der Waals surface area contributed by atoms with E-state index in [1.54, 1.807) is 12.3 Å². The zero-order valence-electron chi connectivity index (χ0n) is 11.7. The van der Waals surface area contributed by atoms with Crippen molar-refractivity contribution in [2.24, 2.45) is 0 Å². The van der Waals surface area contributed by atoms with Crippen molar-refractivity contribution in [2.75, 3.05) is 5.32 Å². The fourth-order valence-electron chi connectivity index (χ4n) is 2.73. The van der Waals surface area contributed by atoms with Gasteiger partial charge in [-0.1, -0.05) is 36.0 Å². The van der Waals surface area contributed by atoms with E-state index in [1.807, 2.05) is 4.68 Å². The van der Waals surface area contributed by atoms with Crippen molar-refractivity contribution in [3.8, 4) is 0 Å². The lowest BCUT2D eigenvalue weighted by atomic mass is 10.2. The fraction of sp³-hybridized carbons (Fsp3) is 0.333. The van der Waals surface area contributed by atoms with Gasteiger partial charge in [-0.15, -0.1) is 0 Å². The van der Waals surface area contributed by atoms with Gasteiger partial charge in [0, 0.05) is 6.07 Å². The van der Waals surface area contributed by atoms with E-state index in [0.717, 1.165) is 31.7 Å². The molecule has 1 fully saturated rings. The molecule has 1 aliphatic rings. The quantitative estimate of drug-likeness (QED) is 0.822. The van der Waals surface area contributed by atoms with Gasteiger partial charge in [0.15, 0.2) is 0 Å². The van der Waals surface area contributed by atoms with E-state index in [-0.39, 0.29) is 15.6 Å². The van der Waals surface area contributed by atoms with Crippen LogP contribution in [0.25, 0.3) is 0 Å². The number of carbonyl (C=O) groups excluding carboxylic acids is 1. The molecule has 0 spiro atoms. The molecule has 1 saturated carbocycles. The van der Waals surface area contributed by atoms with Gasteiger partial charge in [-0.3, -0.25) is 4.79 Å². The predicted molar refractivity (Wildman–Crippen MR) is 84.1 cm³/mol. The third-order valence-corrected chi connectivity index (χ3v) is 4.44. The third kappa shape index (κ3) is 2.96. The third-order valence-electron chi connectivity index (χ3n) is 3.84. The topological polar surface area (TPSA) is 46.9 Å². The minimum Gasteiger partial charge on any atom is -0.307 e. The van der Waals surface area contributed by atoms with Crippen LogP contribution in [-0.4, -0.2) is 15.7 Å². The first kappa shape index (κ1) is 15.3. The zero-order chi connectivity index (χ0) is 15.7. The van der Waals surface area contributed by atoms with Crippen LogP contribution < -0.4 is 5.32 Å². The molecule has 7 heteroatoms. The number of hydrogen-bond acceptors (Lipinski definition) is 2. The van der Waals surface area contributed by atoms with Gasteiger partial charge in [-0.2, -0.15) is 5.10 Å². The lowest BCUT2D eigenvalue weighted by Gasteiger charge is -2.15. The van der Waals surface area contributed by atoms with E-state index in [0.29, 0.717) is 11.9 Å². The van der Waals surface area contributed by atoms with Gasteiger partial charge >= 0.3 is 0 Å². The number of aromatic nitrogens is 2. The summed E-state index contributed by atoms with van der Waals surface area (Å²) in [7, 11) is 0. The Kier molecular flexibility index (Phi) is 4.36. The van der Waals surface area contributed by atoms with Crippen molar-refractivity contribution >= 4 is 34.9 Å². The summed E-state index contributed by atoms with van der Waals surface area (Å²) in [5, 5.41) is 7.01. The van der Waals surface area contributed by atoms with Crippen LogP contribution in [0, 0.1) is 5.82 Å². The van der Waals surface area contributed by atoms with Gasteiger partial charge in [0.05, 0.1) is 27.8 Å². The summed E-state index contributed by atoms with van der Waals surface area (Å²) in [6.07, 6.45) is 6.04. The number of rotatable bonds is 3. The summed E-state index contributed by atoms with van der Waals surface area (Å²) in [6.45, 7) is 0. The summed E-state index contributed by atoms with van der Waals surface area (Å²) >= 11 is 11.6. The number of anilines is 1. The normalized spacial score (nSPS) is 15.2. The average molecular weight is 342 g/mol. The van der Waals surface area contributed by atoms with Crippen molar-refractivity contribution < 1.29 is 9.18 Å². The molecule has 4 nitrogen and oxygen atoms in total. The Hall–Kier alpha value is -1.59. The first-order valence-electron chi connectivity index (χ1n) is 7.05. The molecule has 1 aliphatic carbocycles. The van der Waals surface area contributed by atoms with Gasteiger partial charge in [-0.05, 0) is 25.0 Å². The molecule has 0 unspecified atom stereocenters. The van der Waals surface area contributed by atoms with Crippen molar-refractivity contribution in [3.63, 3.8) is 0 Å². The van der Waals surface area contributed by atoms with Crippen LogP contribution in [0.1, 0.15) is 42.1 Å². The molecule has 1 N–H and O–H groups in total. The highest BCUT2D eigenvalue weighted by molar-refractivity contribution is 6.37. The number of amides is 1. The maximum atomic E-state index is 13.5. The molecule has 22 heavy (non-hydrogen) atoms. The molecule has 1 aromatic heterocycles. The maximum Gasteiger partial charge on any atom is 0.258 e. The number of halogens is 3. The molecule has 0 radical (unpaired) electrons. The van der Waals surface area contributed by atoms with Crippen molar-refractivity contribution in [1.29, 1.82) is 0 Å². The highest BCUT2D eigenvalue weighted by atomic mass is 35.5. The summed E-state index contributed by atoms with van der Waals surface area (Å²) in [5.41, 5.74) is 0.0442. The van der Waals surface area contributed by atoms with Crippen LogP contribution in [0.15, 0.2) is 24.4 Å². The first-order chi connectivity index (χ1) is 10.6. The molecular formula is C15H14Cl2FN3O. The first-order valence-corrected chi connectivity index (χ1v) is 7.81. The Morgan fingerprint density at radius 1 is 1.27 bits per heavy atom. The van der Waals surface area contributed by atoms with Crippen molar-refractivity contribution in [2.45, 2.75) is 31.7 Å². The van der Waals surface area contributed by atoms with Crippen LogP contribution in [0.2, 0.25) is 10.0 Å². The van der Waals surface area contributed by atoms with E-state index < -0.39 is 11.7 Å². The standard InChI is InChI=1S/C15H14Cl2FN3O/c16-11-8-12(17)13(18)7-10(11)15(22)20-14-5-6-19-21(14)9-3-1-2-4-9/h5-9H,1-4H2,(H,20,22). The highest BCUT2D eigenvalue weighted by Gasteiger charge is 2.21. The zero-order valence-corrected chi connectivity index (χ0v) is 13.2. The minimum absolute atomic E-state index is 0.0442. The summed E-state index contributed by atoms with van der Waals surface area (Å²) < 4.78 is 15.3. The summed E-state index contributed by atoms with van der Waals surface area (Å²) in [4.78, 5) is 12.3. The largest absolute Gasteiger partial charge is 0.307 e. The lowest BCUT2D eigenvalue weighted by molar-refractivity contribution is 0.102. The number of nitrogens with one attached hydrogen (secondary N) is 1. The Morgan fingerprint density at radius 3 is 2.73 bits per heavy atom. The fourth-order valence-corrected chi connectivity index (χ4v) is 3.20. The molecule has 0 aliphatic heterocycles. The van der Waals surface area contributed by atoms with Gasteiger partial charge in [0.2, 0.25) is 0 Å². The smallest absolute Gasteiger partial charge is 0.258 e. The number of nitrogens with zero attached hydrogens (tertiary/aromatic N) is 2. The second kappa shape index (κ2) is 6.26. The summed E-state index contributed by atoms with van der Waals surface area (Å²) in [6, 6.07) is 4.27. The molecular weight excluding hydrogens is 328 g/mol. The second-order valence-electron chi connectivity index (χ2n) is 5.30. The predicted octanol–water partition coefficient (Wildman–Crippen LogP) is 4.70.